The third-order valence-electron chi connectivity index (χ3n) is 3.81. The fourth-order valence-corrected chi connectivity index (χ4v) is 2.65. The molecule has 2 rings (SSSR count). The predicted molar refractivity (Wildman–Crippen MR) is 98.8 cm³/mol. The molecule has 1 aromatic heterocycles. The summed E-state index contributed by atoms with van der Waals surface area (Å²) in [7, 11) is 3.89. The third-order valence-corrected chi connectivity index (χ3v) is 4.66. The van der Waals surface area contributed by atoms with Crippen LogP contribution in [0.15, 0.2) is 21.7 Å². The van der Waals surface area contributed by atoms with Crippen molar-refractivity contribution in [2.75, 3.05) is 7.11 Å². The Morgan fingerprint density at radius 1 is 1.19 bits per heavy atom. The van der Waals surface area contributed by atoms with Crippen molar-refractivity contribution in [3.05, 3.63) is 48.7 Å². The Kier molecular flexibility index (Phi) is 5.62. The number of methoxy groups -OCH3 is 1. The van der Waals surface area contributed by atoms with Gasteiger partial charge in [-0.2, -0.15) is 0 Å². The second-order valence-electron chi connectivity index (χ2n) is 6.14. The van der Waals surface area contributed by atoms with Crippen molar-refractivity contribution in [3.8, 4) is 11.4 Å². The largest absolute Gasteiger partial charge is 0.475 e. The molecule has 0 fully saturated rings. The van der Waals surface area contributed by atoms with E-state index in [-0.39, 0.29) is 15.5 Å². The number of aromatic nitrogens is 3. The number of benzene rings is 1. The van der Waals surface area contributed by atoms with Gasteiger partial charge in [-0.05, 0) is 32.1 Å². The summed E-state index contributed by atoms with van der Waals surface area (Å²) in [6, 6.07) is 1.95. The summed E-state index contributed by atoms with van der Waals surface area (Å²) >= 11 is 11.0. The molecule has 1 heterocycles. The monoisotopic (exact) mass is 417 g/mol. The van der Waals surface area contributed by atoms with Crippen molar-refractivity contribution >= 4 is 29.8 Å². The SMILES string of the molecule is COC(=O)C(C)(C)Oc1cc(-n2c(=O)n(C)c(=S)n(C)c2=O)c(F)cc1Cl. The van der Waals surface area contributed by atoms with Gasteiger partial charge in [-0.15, -0.1) is 0 Å². The average molecular weight is 418 g/mol. The molecule has 0 radical (unpaired) electrons. The van der Waals surface area contributed by atoms with Gasteiger partial charge in [-0.3, -0.25) is 9.13 Å². The zero-order chi connectivity index (χ0) is 20.7. The van der Waals surface area contributed by atoms with E-state index >= 15 is 0 Å². The first-order valence-electron chi connectivity index (χ1n) is 7.58. The highest BCUT2D eigenvalue weighted by atomic mass is 35.5. The maximum atomic E-state index is 14.5. The van der Waals surface area contributed by atoms with Gasteiger partial charge in [-0.1, -0.05) is 11.6 Å². The molecule has 0 saturated carbocycles. The molecule has 0 spiro atoms. The molecule has 0 N–H and O–H groups in total. The van der Waals surface area contributed by atoms with E-state index in [1.54, 1.807) is 0 Å². The standard InChI is InChI=1S/C16H17ClFN3O5S/c1-16(2,12(22)25-5)26-11-7-10(9(18)6-8(11)17)21-13(23)19(3)15(27)20(4)14(21)24/h6-7H,1-5H3. The van der Waals surface area contributed by atoms with Crippen molar-refractivity contribution in [1.82, 2.24) is 13.7 Å². The van der Waals surface area contributed by atoms with Gasteiger partial charge in [0.25, 0.3) is 0 Å². The first kappa shape index (κ1) is 20.8. The molecule has 0 bridgehead atoms. The van der Waals surface area contributed by atoms with Crippen LogP contribution in [0, 0.1) is 10.6 Å². The number of carbonyl (C=O) groups is 1. The Labute approximate surface area is 163 Å². The van der Waals surface area contributed by atoms with Crippen LogP contribution in [-0.4, -0.2) is 32.4 Å². The number of nitrogens with zero attached hydrogens (tertiary/aromatic N) is 3. The van der Waals surface area contributed by atoms with E-state index in [4.69, 9.17) is 28.6 Å². The number of halogens is 2. The number of carbonyl (C=O) groups excluding carboxylic acids is 1. The minimum atomic E-state index is -1.45. The Hall–Kier alpha value is -2.46. The predicted octanol–water partition coefficient (Wildman–Crippen LogP) is 1.73. The van der Waals surface area contributed by atoms with Gasteiger partial charge in [0.1, 0.15) is 11.6 Å². The molecule has 0 amide bonds. The fourth-order valence-electron chi connectivity index (χ4n) is 2.31. The maximum absolute atomic E-state index is 14.5. The number of esters is 1. The van der Waals surface area contributed by atoms with E-state index in [0.29, 0.717) is 4.57 Å². The van der Waals surface area contributed by atoms with Crippen LogP contribution in [0.4, 0.5) is 4.39 Å². The smallest absolute Gasteiger partial charge is 0.349 e. The van der Waals surface area contributed by atoms with E-state index in [2.05, 4.69) is 4.74 Å². The van der Waals surface area contributed by atoms with Gasteiger partial charge in [0.2, 0.25) is 0 Å². The molecular formula is C16H17ClFN3O5S. The van der Waals surface area contributed by atoms with Crippen LogP contribution in [0.3, 0.4) is 0 Å². The normalized spacial score (nSPS) is 11.4. The lowest BCUT2D eigenvalue weighted by Crippen LogP contribution is -2.44. The summed E-state index contributed by atoms with van der Waals surface area (Å²) in [5, 5.41) is -0.151. The lowest BCUT2D eigenvalue weighted by Gasteiger charge is -2.24. The molecule has 2 aromatic rings. The Morgan fingerprint density at radius 2 is 1.70 bits per heavy atom. The lowest BCUT2D eigenvalue weighted by molar-refractivity contribution is -0.156. The minimum absolute atomic E-state index is 0.0288. The lowest BCUT2D eigenvalue weighted by atomic mass is 10.1. The zero-order valence-electron chi connectivity index (χ0n) is 15.2. The highest BCUT2D eigenvalue weighted by Crippen LogP contribution is 2.32. The zero-order valence-corrected chi connectivity index (χ0v) is 16.8. The average Bonchev–Trinajstić information content (AvgIpc) is 2.61. The van der Waals surface area contributed by atoms with Gasteiger partial charge in [-0.25, -0.2) is 23.3 Å². The van der Waals surface area contributed by atoms with Crippen LogP contribution < -0.4 is 16.1 Å². The summed E-state index contributed by atoms with van der Waals surface area (Å²) in [5.41, 5.74) is -3.53. The van der Waals surface area contributed by atoms with Crippen molar-refractivity contribution in [2.24, 2.45) is 14.1 Å². The Bertz CT molecular complexity index is 1060. The summed E-state index contributed by atoms with van der Waals surface area (Å²) in [6.45, 7) is 2.85. The van der Waals surface area contributed by atoms with Crippen LogP contribution in [0.1, 0.15) is 13.8 Å². The van der Waals surface area contributed by atoms with Crippen molar-refractivity contribution in [1.29, 1.82) is 0 Å². The van der Waals surface area contributed by atoms with Gasteiger partial charge >= 0.3 is 17.3 Å². The van der Waals surface area contributed by atoms with E-state index in [1.807, 2.05) is 0 Å². The second-order valence-corrected chi connectivity index (χ2v) is 6.91. The number of ether oxygens (including phenoxy) is 2. The highest BCUT2D eigenvalue weighted by Gasteiger charge is 2.32. The highest BCUT2D eigenvalue weighted by molar-refractivity contribution is 7.71. The van der Waals surface area contributed by atoms with Gasteiger partial charge < -0.3 is 9.47 Å². The molecule has 0 unspecified atom stereocenters. The molecule has 0 aliphatic rings. The van der Waals surface area contributed by atoms with Gasteiger partial charge in [0.05, 0.1) is 17.8 Å². The molecular weight excluding hydrogens is 401 g/mol. The molecule has 0 aliphatic carbocycles. The van der Waals surface area contributed by atoms with Gasteiger partial charge in [0.15, 0.2) is 10.4 Å². The summed E-state index contributed by atoms with van der Waals surface area (Å²) < 4.78 is 27.3. The van der Waals surface area contributed by atoms with Crippen LogP contribution in [0.5, 0.6) is 5.75 Å². The molecule has 0 aliphatic heterocycles. The van der Waals surface area contributed by atoms with Crippen LogP contribution >= 0.6 is 23.8 Å². The fraction of sp³-hybridized carbons (Fsp3) is 0.375. The number of rotatable bonds is 4. The summed E-state index contributed by atoms with van der Waals surface area (Å²) in [6.07, 6.45) is 0. The summed E-state index contributed by atoms with van der Waals surface area (Å²) in [4.78, 5) is 36.8. The molecule has 8 nitrogen and oxygen atoms in total. The first-order valence-corrected chi connectivity index (χ1v) is 8.37. The van der Waals surface area contributed by atoms with E-state index < -0.39 is 34.5 Å². The number of hydrogen-bond donors (Lipinski definition) is 0. The van der Waals surface area contributed by atoms with Crippen LogP contribution in [-0.2, 0) is 23.6 Å². The first-order chi connectivity index (χ1) is 12.4. The maximum Gasteiger partial charge on any atom is 0.349 e. The second kappa shape index (κ2) is 7.28. The van der Waals surface area contributed by atoms with Crippen LogP contribution in [0.25, 0.3) is 5.69 Å². The summed E-state index contributed by atoms with van der Waals surface area (Å²) in [5.74, 6) is -1.73. The third kappa shape index (κ3) is 3.67. The molecule has 27 heavy (non-hydrogen) atoms. The molecule has 0 saturated heterocycles. The van der Waals surface area contributed by atoms with Crippen molar-refractivity contribution in [2.45, 2.75) is 19.4 Å². The Morgan fingerprint density at radius 3 is 2.19 bits per heavy atom. The molecule has 1 aromatic carbocycles. The molecule has 0 atom stereocenters. The van der Waals surface area contributed by atoms with E-state index in [1.165, 1.54) is 35.1 Å². The van der Waals surface area contributed by atoms with Crippen molar-refractivity contribution in [3.63, 3.8) is 0 Å². The molecule has 146 valence electrons. The quantitative estimate of drug-likeness (QED) is 0.556. The van der Waals surface area contributed by atoms with E-state index in [0.717, 1.165) is 21.3 Å². The number of hydrogen-bond acceptors (Lipinski definition) is 6. The van der Waals surface area contributed by atoms with Crippen molar-refractivity contribution < 1.29 is 18.7 Å². The minimum Gasteiger partial charge on any atom is -0.475 e. The topological polar surface area (TPSA) is 84.5 Å². The van der Waals surface area contributed by atoms with Crippen LogP contribution in [0.2, 0.25) is 5.02 Å². The van der Waals surface area contributed by atoms with Gasteiger partial charge in [0, 0.05) is 20.2 Å². The Balaban J connectivity index is 2.76. The molecule has 11 heteroatoms. The van der Waals surface area contributed by atoms with E-state index in [9.17, 15) is 18.8 Å².